The van der Waals surface area contributed by atoms with Crippen LogP contribution in [-0.4, -0.2) is 38.5 Å². The third-order valence-corrected chi connectivity index (χ3v) is 4.41. The number of rotatable bonds is 5. The normalized spacial score (nSPS) is 13.3. The van der Waals surface area contributed by atoms with Crippen molar-refractivity contribution in [3.05, 3.63) is 54.2 Å². The van der Waals surface area contributed by atoms with E-state index in [9.17, 15) is 9.59 Å². The van der Waals surface area contributed by atoms with Gasteiger partial charge in [-0.15, -0.1) is 10.2 Å². The molecule has 0 fully saturated rings. The van der Waals surface area contributed by atoms with Gasteiger partial charge in [-0.1, -0.05) is 24.3 Å². The van der Waals surface area contributed by atoms with E-state index in [0.29, 0.717) is 24.5 Å². The zero-order valence-corrected chi connectivity index (χ0v) is 14.6. The molecule has 0 spiro atoms. The third kappa shape index (κ3) is 3.69. The van der Waals surface area contributed by atoms with Crippen molar-refractivity contribution < 1.29 is 9.59 Å². The molecule has 2 aromatic heterocycles. The Morgan fingerprint density at radius 3 is 2.81 bits per heavy atom. The highest BCUT2D eigenvalue weighted by Crippen LogP contribution is 2.27. The second-order valence-corrected chi connectivity index (χ2v) is 6.21. The molecule has 0 aliphatic carbocycles. The van der Waals surface area contributed by atoms with E-state index in [2.05, 4.69) is 25.5 Å². The number of benzene rings is 1. The minimum atomic E-state index is -0.241. The van der Waals surface area contributed by atoms with Crippen LogP contribution in [0.5, 0.6) is 0 Å². The number of amides is 2. The van der Waals surface area contributed by atoms with Gasteiger partial charge in [-0.25, -0.2) is 0 Å². The van der Waals surface area contributed by atoms with Crippen molar-refractivity contribution in [2.24, 2.45) is 0 Å². The number of pyridine rings is 1. The molecule has 0 bridgehead atoms. The highest BCUT2D eigenvalue weighted by molar-refractivity contribution is 5.97. The van der Waals surface area contributed by atoms with Crippen LogP contribution in [0, 0.1) is 0 Å². The summed E-state index contributed by atoms with van der Waals surface area (Å²) in [6, 6.07) is 13.2. The molecular formula is C19H18N6O2. The van der Waals surface area contributed by atoms with Gasteiger partial charge < -0.3 is 9.88 Å². The number of nitrogens with zero attached hydrogens (tertiary/aromatic N) is 4. The van der Waals surface area contributed by atoms with Gasteiger partial charge in [0.25, 0.3) is 0 Å². The molecule has 0 saturated carbocycles. The molecule has 3 aromatic rings. The summed E-state index contributed by atoms with van der Waals surface area (Å²) >= 11 is 0. The molecule has 1 aliphatic heterocycles. The first-order chi connectivity index (χ1) is 13.2. The van der Waals surface area contributed by atoms with E-state index in [1.54, 1.807) is 17.2 Å². The van der Waals surface area contributed by atoms with Crippen LogP contribution in [-0.2, 0) is 16.0 Å². The maximum atomic E-state index is 12.3. The zero-order valence-electron chi connectivity index (χ0n) is 14.6. The van der Waals surface area contributed by atoms with E-state index >= 15 is 0 Å². The van der Waals surface area contributed by atoms with E-state index < -0.39 is 0 Å². The van der Waals surface area contributed by atoms with E-state index in [1.165, 1.54) is 0 Å². The summed E-state index contributed by atoms with van der Waals surface area (Å²) in [7, 11) is 0. The molecule has 8 heteroatoms. The molecule has 0 atom stereocenters. The first-order valence-electron chi connectivity index (χ1n) is 8.73. The predicted molar refractivity (Wildman–Crippen MR) is 100.0 cm³/mol. The van der Waals surface area contributed by atoms with Gasteiger partial charge in [0.05, 0.1) is 0 Å². The number of hydrogen-bond donors (Lipinski definition) is 2. The molecule has 2 N–H and O–H groups in total. The van der Waals surface area contributed by atoms with Crippen LogP contribution in [0.3, 0.4) is 0 Å². The van der Waals surface area contributed by atoms with Crippen LogP contribution in [0.2, 0.25) is 0 Å². The number of carbonyl (C=O) groups is 2. The van der Waals surface area contributed by atoms with Gasteiger partial charge in [0.15, 0.2) is 5.82 Å². The van der Waals surface area contributed by atoms with Gasteiger partial charge in [-0.3, -0.25) is 19.9 Å². The Labute approximate surface area is 155 Å². The number of aryl methyl sites for hydroxylation is 1. The molecule has 1 aliphatic rings. The van der Waals surface area contributed by atoms with E-state index in [-0.39, 0.29) is 24.2 Å². The average Bonchev–Trinajstić information content (AvgIpc) is 3.16. The van der Waals surface area contributed by atoms with E-state index in [0.717, 1.165) is 17.7 Å². The summed E-state index contributed by atoms with van der Waals surface area (Å²) in [5, 5.41) is 10.6. The fraction of sp³-hybridized carbons (Fsp3) is 0.211. The third-order valence-electron chi connectivity index (χ3n) is 4.41. The predicted octanol–water partition coefficient (Wildman–Crippen LogP) is 2.17. The lowest BCUT2D eigenvalue weighted by Gasteiger charge is -2.29. The summed E-state index contributed by atoms with van der Waals surface area (Å²) in [4.78, 5) is 33.3. The largest absolute Gasteiger partial charge is 0.312 e. The number of para-hydroxylation sites is 1. The highest BCUT2D eigenvalue weighted by atomic mass is 16.2. The lowest BCUT2D eigenvalue weighted by Crippen LogP contribution is -2.37. The molecule has 0 saturated heterocycles. The topological polar surface area (TPSA) is 104 Å². The van der Waals surface area contributed by atoms with Crippen LogP contribution in [0.4, 0.5) is 11.6 Å². The number of H-pyrrole nitrogens is 1. The van der Waals surface area contributed by atoms with Crippen molar-refractivity contribution in [2.45, 2.75) is 19.3 Å². The number of carbonyl (C=O) groups excluding carboxylic acids is 2. The Balaban J connectivity index is 1.38. The Kier molecular flexibility index (Phi) is 4.61. The Morgan fingerprint density at radius 2 is 1.96 bits per heavy atom. The van der Waals surface area contributed by atoms with Gasteiger partial charge >= 0.3 is 0 Å². The Hall–Kier alpha value is -3.55. The quantitative estimate of drug-likeness (QED) is 0.724. The molecular weight excluding hydrogens is 344 g/mol. The highest BCUT2D eigenvalue weighted by Gasteiger charge is 2.24. The summed E-state index contributed by atoms with van der Waals surface area (Å²) in [5.74, 6) is 0.533. The average molecular weight is 362 g/mol. The van der Waals surface area contributed by atoms with Gasteiger partial charge in [0.1, 0.15) is 5.69 Å². The van der Waals surface area contributed by atoms with Crippen LogP contribution >= 0.6 is 0 Å². The molecule has 1 aromatic carbocycles. The fourth-order valence-electron chi connectivity index (χ4n) is 3.09. The maximum absolute atomic E-state index is 12.3. The van der Waals surface area contributed by atoms with Crippen LogP contribution in [0.15, 0.2) is 48.7 Å². The van der Waals surface area contributed by atoms with Crippen molar-refractivity contribution in [2.75, 3.05) is 16.8 Å². The standard InChI is InChI=1S/C19H18N6O2/c26-16(21-19-22-18(23-24-19)14-6-3-4-11-20-14)10-12-25-15-7-2-1-5-13(15)8-9-17(25)27/h1-7,11H,8-10,12H2,(H2,21,22,23,24,26). The molecule has 27 heavy (non-hydrogen) atoms. The second-order valence-electron chi connectivity index (χ2n) is 6.21. The fourth-order valence-corrected chi connectivity index (χ4v) is 3.09. The van der Waals surface area contributed by atoms with Gasteiger partial charge in [0.2, 0.25) is 17.8 Å². The number of aromatic nitrogens is 4. The number of fused-ring (bicyclic) bond motifs is 1. The van der Waals surface area contributed by atoms with Crippen molar-refractivity contribution in [1.82, 2.24) is 20.2 Å². The zero-order chi connectivity index (χ0) is 18.6. The van der Waals surface area contributed by atoms with E-state index in [4.69, 9.17) is 0 Å². The van der Waals surface area contributed by atoms with Crippen LogP contribution in [0.25, 0.3) is 11.5 Å². The Morgan fingerprint density at radius 1 is 1.11 bits per heavy atom. The second kappa shape index (κ2) is 7.36. The minimum Gasteiger partial charge on any atom is -0.312 e. The molecule has 136 valence electrons. The summed E-state index contributed by atoms with van der Waals surface area (Å²) in [6.45, 7) is 0.322. The monoisotopic (exact) mass is 362 g/mol. The number of hydrogen-bond acceptors (Lipinski definition) is 5. The molecule has 0 radical (unpaired) electrons. The van der Waals surface area contributed by atoms with Gasteiger partial charge in [0, 0.05) is 31.3 Å². The molecule has 8 nitrogen and oxygen atoms in total. The van der Waals surface area contributed by atoms with Gasteiger partial charge in [-0.2, -0.15) is 0 Å². The first-order valence-corrected chi connectivity index (χ1v) is 8.73. The smallest absolute Gasteiger partial charge is 0.228 e. The van der Waals surface area contributed by atoms with Crippen LogP contribution in [0.1, 0.15) is 18.4 Å². The summed E-state index contributed by atoms with van der Waals surface area (Å²) in [6.07, 6.45) is 3.03. The lowest BCUT2D eigenvalue weighted by atomic mass is 10.0. The summed E-state index contributed by atoms with van der Waals surface area (Å²) < 4.78 is 0. The lowest BCUT2D eigenvalue weighted by molar-refractivity contribution is -0.119. The number of anilines is 2. The molecule has 4 rings (SSSR count). The van der Waals surface area contributed by atoms with Gasteiger partial charge in [-0.05, 0) is 30.2 Å². The molecule has 2 amide bonds. The molecule has 0 unspecified atom stereocenters. The summed E-state index contributed by atoms with van der Waals surface area (Å²) in [5.41, 5.74) is 2.66. The Bertz CT molecular complexity index is 969. The van der Waals surface area contributed by atoms with Crippen molar-refractivity contribution in [3.8, 4) is 11.5 Å². The number of nitrogens with one attached hydrogen (secondary N) is 2. The minimum absolute atomic E-state index is 0.0404. The van der Waals surface area contributed by atoms with Crippen molar-refractivity contribution >= 4 is 23.5 Å². The van der Waals surface area contributed by atoms with Crippen molar-refractivity contribution in [1.29, 1.82) is 0 Å². The SMILES string of the molecule is O=C(CCN1C(=O)CCc2ccccc21)Nc1nnc(-c2ccccn2)[nH]1. The van der Waals surface area contributed by atoms with Crippen molar-refractivity contribution in [3.63, 3.8) is 0 Å². The molecule has 3 heterocycles. The van der Waals surface area contributed by atoms with E-state index in [1.807, 2.05) is 36.4 Å². The van der Waals surface area contributed by atoms with Crippen LogP contribution < -0.4 is 10.2 Å². The maximum Gasteiger partial charge on any atom is 0.228 e. The first kappa shape index (κ1) is 16.9. The number of aromatic amines is 1.